The second-order valence-electron chi connectivity index (χ2n) is 8.36. The zero-order valence-electron chi connectivity index (χ0n) is 19.1. The molecule has 0 bridgehead atoms. The van der Waals surface area contributed by atoms with Gasteiger partial charge >= 0.3 is 6.18 Å². The SMILES string of the molecule is CCCCOc1ccc(C(=O)N2CCCC(c3nnc4ccc(C(F)(F)F)cn34)C2)cc1OC. The topological polar surface area (TPSA) is 69.0 Å². The highest BCUT2D eigenvalue weighted by Gasteiger charge is 2.33. The second-order valence-corrected chi connectivity index (χ2v) is 8.36. The van der Waals surface area contributed by atoms with E-state index >= 15 is 0 Å². The molecule has 0 N–H and O–H groups in total. The van der Waals surface area contributed by atoms with Crippen LogP contribution in [0.2, 0.25) is 0 Å². The van der Waals surface area contributed by atoms with Crippen LogP contribution in [0.4, 0.5) is 13.2 Å². The van der Waals surface area contributed by atoms with Crippen molar-refractivity contribution in [2.45, 2.75) is 44.7 Å². The number of benzene rings is 1. The number of pyridine rings is 1. The molecule has 3 heterocycles. The molecule has 4 rings (SSSR count). The molecule has 1 atom stereocenters. The van der Waals surface area contributed by atoms with Crippen LogP contribution in [0.3, 0.4) is 0 Å². The molecule has 182 valence electrons. The van der Waals surface area contributed by atoms with E-state index in [0.29, 0.717) is 61.1 Å². The van der Waals surface area contributed by atoms with Crippen LogP contribution in [0, 0.1) is 0 Å². The molecule has 0 saturated carbocycles. The van der Waals surface area contributed by atoms with E-state index in [4.69, 9.17) is 9.47 Å². The fourth-order valence-corrected chi connectivity index (χ4v) is 4.16. The maximum atomic E-state index is 13.2. The summed E-state index contributed by atoms with van der Waals surface area (Å²) < 4.78 is 52.1. The molecule has 10 heteroatoms. The number of halogens is 3. The lowest BCUT2D eigenvalue weighted by Gasteiger charge is -2.32. The van der Waals surface area contributed by atoms with Gasteiger partial charge in [0.1, 0.15) is 5.82 Å². The molecule has 1 saturated heterocycles. The van der Waals surface area contributed by atoms with Gasteiger partial charge in [-0.3, -0.25) is 9.20 Å². The van der Waals surface area contributed by atoms with E-state index in [1.165, 1.54) is 17.6 Å². The molecule has 2 aromatic heterocycles. The lowest BCUT2D eigenvalue weighted by molar-refractivity contribution is -0.137. The van der Waals surface area contributed by atoms with Crippen molar-refractivity contribution in [1.82, 2.24) is 19.5 Å². The van der Waals surface area contributed by atoms with Crippen molar-refractivity contribution >= 4 is 11.6 Å². The van der Waals surface area contributed by atoms with Gasteiger partial charge in [-0.1, -0.05) is 13.3 Å². The molecular weight excluding hydrogens is 449 g/mol. The Morgan fingerprint density at radius 3 is 2.74 bits per heavy atom. The Kier molecular flexibility index (Phi) is 6.95. The largest absolute Gasteiger partial charge is 0.493 e. The first kappa shape index (κ1) is 23.8. The number of likely N-dealkylation sites (tertiary alicyclic amines) is 1. The third kappa shape index (κ3) is 4.95. The van der Waals surface area contributed by atoms with Crippen molar-refractivity contribution in [3.05, 3.63) is 53.5 Å². The zero-order valence-corrected chi connectivity index (χ0v) is 19.1. The minimum absolute atomic E-state index is 0.173. The molecule has 34 heavy (non-hydrogen) atoms. The number of methoxy groups -OCH3 is 1. The van der Waals surface area contributed by atoms with Gasteiger partial charge in [-0.15, -0.1) is 10.2 Å². The lowest BCUT2D eigenvalue weighted by Crippen LogP contribution is -2.39. The lowest BCUT2D eigenvalue weighted by atomic mass is 9.96. The molecule has 1 aliphatic rings. The van der Waals surface area contributed by atoms with Gasteiger partial charge in [0, 0.05) is 30.8 Å². The molecule has 1 fully saturated rings. The van der Waals surface area contributed by atoms with Crippen LogP contribution in [0.25, 0.3) is 5.65 Å². The number of nitrogens with zero attached hydrogens (tertiary/aromatic N) is 4. The van der Waals surface area contributed by atoms with Crippen LogP contribution in [-0.2, 0) is 6.18 Å². The van der Waals surface area contributed by atoms with Crippen molar-refractivity contribution in [1.29, 1.82) is 0 Å². The number of amides is 1. The van der Waals surface area contributed by atoms with E-state index in [1.807, 2.05) is 0 Å². The quantitative estimate of drug-likeness (QED) is 0.451. The van der Waals surface area contributed by atoms with Crippen molar-refractivity contribution in [2.24, 2.45) is 0 Å². The standard InChI is InChI=1S/C24H27F3N4O3/c1-3-4-12-34-19-9-7-16(13-20(19)33-2)23(32)30-11-5-6-17(14-30)22-29-28-21-10-8-18(15-31(21)22)24(25,26)27/h7-10,13,15,17H,3-6,11-12,14H2,1-2H3. The monoisotopic (exact) mass is 476 g/mol. The molecule has 1 aliphatic heterocycles. The Balaban J connectivity index is 1.53. The van der Waals surface area contributed by atoms with Gasteiger partial charge < -0.3 is 14.4 Å². The van der Waals surface area contributed by atoms with Crippen LogP contribution in [0.5, 0.6) is 11.5 Å². The third-order valence-electron chi connectivity index (χ3n) is 6.00. The second kappa shape index (κ2) is 9.90. The summed E-state index contributed by atoms with van der Waals surface area (Å²) in [6.45, 7) is 3.53. The summed E-state index contributed by atoms with van der Waals surface area (Å²) in [5.41, 5.74) is 0.0405. The molecule has 7 nitrogen and oxygen atoms in total. The Morgan fingerprint density at radius 2 is 2.00 bits per heavy atom. The highest BCUT2D eigenvalue weighted by Crippen LogP contribution is 2.33. The number of carbonyl (C=O) groups is 1. The summed E-state index contributed by atoms with van der Waals surface area (Å²) in [7, 11) is 1.53. The number of hydrogen-bond acceptors (Lipinski definition) is 5. The number of alkyl halides is 3. The molecule has 0 aliphatic carbocycles. The van der Waals surface area contributed by atoms with Gasteiger partial charge in [-0.25, -0.2) is 0 Å². The first-order chi connectivity index (χ1) is 16.3. The van der Waals surface area contributed by atoms with Crippen LogP contribution in [0.15, 0.2) is 36.5 Å². The highest BCUT2D eigenvalue weighted by atomic mass is 19.4. The maximum Gasteiger partial charge on any atom is 0.417 e. The fraction of sp³-hybridized carbons (Fsp3) is 0.458. The summed E-state index contributed by atoms with van der Waals surface area (Å²) in [6, 6.07) is 7.40. The molecule has 3 aromatic rings. The summed E-state index contributed by atoms with van der Waals surface area (Å²) in [5.74, 6) is 1.09. The predicted molar refractivity (Wildman–Crippen MR) is 119 cm³/mol. The van der Waals surface area contributed by atoms with Crippen molar-refractivity contribution in [3.8, 4) is 11.5 Å². The minimum atomic E-state index is -4.46. The first-order valence-electron chi connectivity index (χ1n) is 11.3. The molecule has 1 amide bonds. The average molecular weight is 476 g/mol. The van der Waals surface area contributed by atoms with Gasteiger partial charge in [0.15, 0.2) is 17.1 Å². The van der Waals surface area contributed by atoms with Crippen molar-refractivity contribution in [3.63, 3.8) is 0 Å². The Labute approximate surface area is 195 Å². The van der Waals surface area contributed by atoms with Crippen molar-refractivity contribution in [2.75, 3.05) is 26.8 Å². The van der Waals surface area contributed by atoms with Gasteiger partial charge in [-0.05, 0) is 49.6 Å². The van der Waals surface area contributed by atoms with Gasteiger partial charge in [0.25, 0.3) is 5.91 Å². The minimum Gasteiger partial charge on any atom is -0.493 e. The van der Waals surface area contributed by atoms with E-state index in [2.05, 4.69) is 17.1 Å². The third-order valence-corrected chi connectivity index (χ3v) is 6.00. The summed E-state index contributed by atoms with van der Waals surface area (Å²) in [5, 5.41) is 8.17. The molecule has 0 spiro atoms. The van der Waals surface area contributed by atoms with Gasteiger partial charge in [-0.2, -0.15) is 13.2 Å². The van der Waals surface area contributed by atoms with Gasteiger partial charge in [0.2, 0.25) is 0 Å². The van der Waals surface area contributed by atoms with Gasteiger partial charge in [0.05, 0.1) is 19.3 Å². The number of unbranched alkanes of at least 4 members (excludes halogenated alkanes) is 1. The van der Waals surface area contributed by atoms with E-state index < -0.39 is 11.7 Å². The number of piperidine rings is 1. The normalized spacial score (nSPS) is 16.6. The Hall–Kier alpha value is -3.30. The molecular formula is C24H27F3N4O3. The summed E-state index contributed by atoms with van der Waals surface area (Å²) in [4.78, 5) is 14.9. The predicted octanol–water partition coefficient (Wildman–Crippen LogP) is 4.96. The van der Waals surface area contributed by atoms with E-state index in [1.54, 1.807) is 23.1 Å². The van der Waals surface area contributed by atoms with E-state index in [9.17, 15) is 18.0 Å². The number of hydrogen-bond donors (Lipinski definition) is 0. The number of aromatic nitrogens is 3. The summed E-state index contributed by atoms with van der Waals surface area (Å²) in [6.07, 6.45) is -0.105. The number of carbonyl (C=O) groups excluding carboxylic acids is 1. The maximum absolute atomic E-state index is 13.2. The van der Waals surface area contributed by atoms with Crippen LogP contribution in [-0.4, -0.2) is 52.2 Å². The van der Waals surface area contributed by atoms with Crippen molar-refractivity contribution < 1.29 is 27.4 Å². The number of ether oxygens (including phenoxy) is 2. The van der Waals surface area contributed by atoms with E-state index in [0.717, 1.165) is 25.1 Å². The molecule has 0 radical (unpaired) electrons. The fourth-order valence-electron chi connectivity index (χ4n) is 4.16. The van der Waals surface area contributed by atoms with E-state index in [-0.39, 0.29) is 11.8 Å². The van der Waals surface area contributed by atoms with Crippen LogP contribution in [0.1, 0.15) is 60.3 Å². The highest BCUT2D eigenvalue weighted by molar-refractivity contribution is 5.95. The zero-order chi connectivity index (χ0) is 24.3. The number of fused-ring (bicyclic) bond motifs is 1. The molecule has 1 aromatic carbocycles. The average Bonchev–Trinajstić information content (AvgIpc) is 3.27. The molecule has 1 unspecified atom stereocenters. The first-order valence-corrected chi connectivity index (χ1v) is 11.3. The van der Waals surface area contributed by atoms with Crippen LogP contribution < -0.4 is 9.47 Å². The Morgan fingerprint density at radius 1 is 1.18 bits per heavy atom. The Bertz CT molecular complexity index is 1160. The number of rotatable bonds is 7. The summed E-state index contributed by atoms with van der Waals surface area (Å²) >= 11 is 0. The van der Waals surface area contributed by atoms with Crippen LogP contribution >= 0.6 is 0 Å². The smallest absolute Gasteiger partial charge is 0.417 e.